The topological polar surface area (TPSA) is 55.4 Å². The van der Waals surface area contributed by atoms with E-state index in [1.54, 1.807) is 12.1 Å². The number of rotatable bonds is 2. The molecule has 0 saturated carbocycles. The molecule has 4 nitrogen and oxygen atoms in total. The van der Waals surface area contributed by atoms with E-state index in [1.807, 2.05) is 36.4 Å². The summed E-state index contributed by atoms with van der Waals surface area (Å²) in [6, 6.07) is 14.7. The molecule has 2 aromatic carbocycles. The fraction of sp³-hybridized carbons (Fsp3) is 0.125. The molecule has 1 aliphatic rings. The molecule has 0 aromatic heterocycles. The Hall–Kier alpha value is -2.62. The van der Waals surface area contributed by atoms with Gasteiger partial charge < -0.3 is 10.1 Å². The predicted molar refractivity (Wildman–Crippen MR) is 73.5 cm³/mol. The number of hydrogen-bond donors (Lipinski definition) is 1. The summed E-state index contributed by atoms with van der Waals surface area (Å²) in [5.74, 6) is -0.736. The van der Waals surface area contributed by atoms with E-state index in [1.165, 1.54) is 7.11 Å². The monoisotopic (exact) mass is 267 g/mol. The van der Waals surface area contributed by atoms with Crippen molar-refractivity contribution in [2.24, 2.45) is 0 Å². The quantitative estimate of drug-likeness (QED) is 0.849. The fourth-order valence-electron chi connectivity index (χ4n) is 2.53. The first-order chi connectivity index (χ1) is 9.72. The third-order valence-corrected chi connectivity index (χ3v) is 3.45. The zero-order valence-corrected chi connectivity index (χ0v) is 10.9. The summed E-state index contributed by atoms with van der Waals surface area (Å²) in [6.07, 6.45) is 0. The number of nitrogens with one attached hydrogen (secondary N) is 1. The summed E-state index contributed by atoms with van der Waals surface area (Å²) in [6.45, 7) is 0. The van der Waals surface area contributed by atoms with Crippen molar-refractivity contribution in [2.45, 2.75) is 6.04 Å². The Balaban J connectivity index is 2.13. The van der Waals surface area contributed by atoms with Crippen LogP contribution in [0.5, 0.6) is 0 Å². The van der Waals surface area contributed by atoms with E-state index in [0.29, 0.717) is 11.1 Å². The largest absolute Gasteiger partial charge is 0.465 e. The van der Waals surface area contributed by atoms with Crippen molar-refractivity contribution in [1.82, 2.24) is 5.32 Å². The van der Waals surface area contributed by atoms with E-state index >= 15 is 0 Å². The van der Waals surface area contributed by atoms with Crippen LogP contribution < -0.4 is 5.32 Å². The average Bonchev–Trinajstić information content (AvgIpc) is 2.85. The van der Waals surface area contributed by atoms with Crippen LogP contribution in [0.2, 0.25) is 0 Å². The third kappa shape index (κ3) is 1.86. The van der Waals surface area contributed by atoms with Gasteiger partial charge in [0.15, 0.2) is 0 Å². The van der Waals surface area contributed by atoms with E-state index in [4.69, 9.17) is 4.74 Å². The second kappa shape index (κ2) is 4.81. The Kier molecular flexibility index (Phi) is 2.99. The predicted octanol–water partition coefficient (Wildman–Crippen LogP) is 2.31. The van der Waals surface area contributed by atoms with Crippen LogP contribution in [-0.2, 0) is 4.74 Å². The summed E-state index contributed by atoms with van der Waals surface area (Å²) in [7, 11) is 1.31. The van der Waals surface area contributed by atoms with Crippen LogP contribution in [0.15, 0.2) is 48.5 Å². The van der Waals surface area contributed by atoms with Crippen LogP contribution in [0.4, 0.5) is 0 Å². The van der Waals surface area contributed by atoms with Gasteiger partial charge in [0.05, 0.1) is 24.3 Å². The number of ether oxygens (including phenoxy) is 1. The molecule has 0 spiro atoms. The van der Waals surface area contributed by atoms with Gasteiger partial charge in [0.25, 0.3) is 5.91 Å². The van der Waals surface area contributed by atoms with E-state index < -0.39 is 5.97 Å². The second-order valence-electron chi connectivity index (χ2n) is 4.58. The van der Waals surface area contributed by atoms with Gasteiger partial charge in [0.2, 0.25) is 0 Å². The molecule has 1 atom stereocenters. The van der Waals surface area contributed by atoms with E-state index in [9.17, 15) is 9.59 Å². The van der Waals surface area contributed by atoms with Gasteiger partial charge in [-0.25, -0.2) is 4.79 Å². The molecule has 100 valence electrons. The SMILES string of the molecule is COC(=O)c1cccc2c1C(=O)NC2c1ccccc1. The number of carbonyl (C=O) groups excluding carboxylic acids is 2. The molecule has 0 bridgehead atoms. The molecule has 0 radical (unpaired) electrons. The molecule has 1 aliphatic heterocycles. The zero-order chi connectivity index (χ0) is 14.1. The highest BCUT2D eigenvalue weighted by Gasteiger charge is 2.33. The van der Waals surface area contributed by atoms with Gasteiger partial charge in [-0.2, -0.15) is 0 Å². The Morgan fingerprint density at radius 3 is 2.55 bits per heavy atom. The van der Waals surface area contributed by atoms with Crippen molar-refractivity contribution in [3.05, 3.63) is 70.8 Å². The van der Waals surface area contributed by atoms with Gasteiger partial charge in [0.1, 0.15) is 0 Å². The van der Waals surface area contributed by atoms with Crippen molar-refractivity contribution in [2.75, 3.05) is 7.11 Å². The number of amides is 1. The number of carbonyl (C=O) groups is 2. The van der Waals surface area contributed by atoms with Gasteiger partial charge in [-0.1, -0.05) is 42.5 Å². The van der Waals surface area contributed by atoms with E-state index in [-0.39, 0.29) is 11.9 Å². The number of methoxy groups -OCH3 is 1. The molecular formula is C16H13NO3. The van der Waals surface area contributed by atoms with Gasteiger partial charge in [-0.3, -0.25) is 4.79 Å². The summed E-state index contributed by atoms with van der Waals surface area (Å²) in [5.41, 5.74) is 2.51. The highest BCUT2D eigenvalue weighted by atomic mass is 16.5. The van der Waals surface area contributed by atoms with Crippen LogP contribution in [0.25, 0.3) is 0 Å². The fourth-order valence-corrected chi connectivity index (χ4v) is 2.53. The van der Waals surface area contributed by atoms with Gasteiger partial charge in [0, 0.05) is 0 Å². The minimum atomic E-state index is -0.495. The minimum Gasteiger partial charge on any atom is -0.465 e. The van der Waals surface area contributed by atoms with Gasteiger partial charge in [-0.05, 0) is 17.2 Å². The Labute approximate surface area is 116 Å². The van der Waals surface area contributed by atoms with Crippen molar-refractivity contribution in [3.8, 4) is 0 Å². The van der Waals surface area contributed by atoms with Crippen LogP contribution in [0.1, 0.15) is 37.9 Å². The summed E-state index contributed by atoms with van der Waals surface area (Å²) >= 11 is 0. The molecule has 0 saturated heterocycles. The maximum Gasteiger partial charge on any atom is 0.338 e. The lowest BCUT2D eigenvalue weighted by Gasteiger charge is -2.12. The first kappa shape index (κ1) is 12.4. The molecular weight excluding hydrogens is 254 g/mol. The summed E-state index contributed by atoms with van der Waals surface area (Å²) in [5, 5.41) is 2.91. The molecule has 4 heteroatoms. The van der Waals surface area contributed by atoms with Crippen molar-refractivity contribution >= 4 is 11.9 Å². The molecule has 1 N–H and O–H groups in total. The molecule has 0 aliphatic carbocycles. The van der Waals surface area contributed by atoms with Crippen LogP contribution >= 0.6 is 0 Å². The lowest BCUT2D eigenvalue weighted by atomic mass is 9.95. The van der Waals surface area contributed by atoms with E-state index in [2.05, 4.69) is 5.32 Å². The van der Waals surface area contributed by atoms with Crippen molar-refractivity contribution in [1.29, 1.82) is 0 Å². The smallest absolute Gasteiger partial charge is 0.338 e. The lowest BCUT2D eigenvalue weighted by molar-refractivity contribution is 0.0597. The highest BCUT2D eigenvalue weighted by molar-refractivity contribution is 6.08. The number of benzene rings is 2. The van der Waals surface area contributed by atoms with E-state index in [0.717, 1.165) is 11.1 Å². The maximum atomic E-state index is 12.2. The maximum absolute atomic E-state index is 12.2. The first-order valence-electron chi connectivity index (χ1n) is 6.29. The molecule has 1 amide bonds. The normalized spacial score (nSPS) is 16.4. The number of hydrogen-bond acceptors (Lipinski definition) is 3. The lowest BCUT2D eigenvalue weighted by Crippen LogP contribution is -2.20. The second-order valence-corrected chi connectivity index (χ2v) is 4.58. The standard InChI is InChI=1S/C16H13NO3/c1-20-16(19)12-9-5-8-11-13(12)15(18)17-14(11)10-6-3-2-4-7-10/h2-9,14H,1H3,(H,17,18). The van der Waals surface area contributed by atoms with Gasteiger partial charge in [-0.15, -0.1) is 0 Å². The molecule has 2 aromatic rings. The molecule has 0 fully saturated rings. The summed E-state index contributed by atoms with van der Waals surface area (Å²) in [4.78, 5) is 23.9. The molecule has 20 heavy (non-hydrogen) atoms. The Morgan fingerprint density at radius 2 is 1.85 bits per heavy atom. The average molecular weight is 267 g/mol. The van der Waals surface area contributed by atoms with Crippen LogP contribution in [0, 0.1) is 0 Å². The van der Waals surface area contributed by atoms with Gasteiger partial charge >= 0.3 is 5.97 Å². The first-order valence-corrected chi connectivity index (χ1v) is 6.29. The molecule has 1 unspecified atom stereocenters. The Morgan fingerprint density at radius 1 is 1.10 bits per heavy atom. The zero-order valence-electron chi connectivity index (χ0n) is 10.9. The highest BCUT2D eigenvalue weighted by Crippen LogP contribution is 2.32. The summed E-state index contributed by atoms with van der Waals surface area (Å²) < 4.78 is 4.73. The Bertz CT molecular complexity index is 679. The van der Waals surface area contributed by atoms with Crippen molar-refractivity contribution < 1.29 is 14.3 Å². The van der Waals surface area contributed by atoms with Crippen LogP contribution in [-0.4, -0.2) is 19.0 Å². The minimum absolute atomic E-state index is 0.219. The number of fused-ring (bicyclic) bond motifs is 1. The van der Waals surface area contributed by atoms with Crippen LogP contribution in [0.3, 0.4) is 0 Å². The molecule has 3 rings (SSSR count). The molecule has 1 heterocycles. The third-order valence-electron chi connectivity index (χ3n) is 3.45. The number of esters is 1. The van der Waals surface area contributed by atoms with Crippen molar-refractivity contribution in [3.63, 3.8) is 0 Å².